The zero-order chi connectivity index (χ0) is 16.0. The highest BCUT2D eigenvalue weighted by Crippen LogP contribution is 2.20. The molecule has 0 heterocycles. The summed E-state index contributed by atoms with van der Waals surface area (Å²) >= 11 is 0. The molecule has 0 N–H and O–H groups in total. The van der Waals surface area contributed by atoms with Crippen molar-refractivity contribution in [3.05, 3.63) is 60.2 Å². The minimum atomic E-state index is -3.68. The number of hydrogen-bond acceptors (Lipinski definition) is 3. The molecule has 22 heavy (non-hydrogen) atoms. The van der Waals surface area contributed by atoms with Gasteiger partial charge in [0.05, 0.1) is 18.6 Å². The topological polar surface area (TPSA) is 46.6 Å². The Balaban J connectivity index is 2.34. The molecule has 0 saturated carbocycles. The maximum Gasteiger partial charge on any atom is 0.271 e. The lowest BCUT2D eigenvalue weighted by Crippen LogP contribution is -2.26. The highest BCUT2D eigenvalue weighted by atomic mass is 32.2. The summed E-state index contributed by atoms with van der Waals surface area (Å²) in [5.41, 5.74) is 0.877. The summed E-state index contributed by atoms with van der Waals surface area (Å²) in [5.74, 6) is 3.27. The van der Waals surface area contributed by atoms with Crippen molar-refractivity contribution in [1.82, 2.24) is 4.31 Å². The van der Waals surface area contributed by atoms with Crippen LogP contribution in [0.4, 0.5) is 0 Å². The van der Waals surface area contributed by atoms with Crippen molar-refractivity contribution in [3.63, 3.8) is 0 Å². The average molecular weight is 315 g/mol. The minimum absolute atomic E-state index is 0.187. The number of benzene rings is 2. The number of hydrogen-bond donors (Lipinski definition) is 0. The Morgan fingerprint density at radius 3 is 2.23 bits per heavy atom. The molecule has 0 unspecified atom stereocenters. The van der Waals surface area contributed by atoms with Crippen molar-refractivity contribution in [2.45, 2.75) is 18.4 Å². The van der Waals surface area contributed by atoms with Crippen molar-refractivity contribution in [2.24, 2.45) is 0 Å². The summed E-state index contributed by atoms with van der Waals surface area (Å²) in [6.45, 7) is 1.82. The molecule has 0 atom stereocenters. The molecule has 0 amide bonds. The van der Waals surface area contributed by atoms with Crippen LogP contribution in [0, 0.1) is 12.0 Å². The van der Waals surface area contributed by atoms with Crippen LogP contribution in [0.5, 0.6) is 5.75 Å². The van der Waals surface area contributed by atoms with E-state index < -0.39 is 10.0 Å². The van der Waals surface area contributed by atoms with Gasteiger partial charge in [-0.2, -0.15) is 0 Å². The van der Waals surface area contributed by atoms with E-state index in [1.165, 1.54) is 19.2 Å². The second-order valence-corrected chi connectivity index (χ2v) is 6.40. The zero-order valence-corrected chi connectivity index (χ0v) is 13.3. The lowest BCUT2D eigenvalue weighted by atomic mass is 10.2. The van der Waals surface area contributed by atoms with Gasteiger partial charge in [0.25, 0.3) is 10.0 Å². The van der Waals surface area contributed by atoms with Crippen LogP contribution in [0.2, 0.25) is 0 Å². The summed E-state index contributed by atoms with van der Waals surface area (Å²) in [7, 11) is -2.15. The van der Waals surface area contributed by atoms with E-state index in [2.05, 4.69) is 12.0 Å². The maximum atomic E-state index is 12.7. The smallest absolute Gasteiger partial charge is 0.271 e. The Kier molecular flexibility index (Phi) is 5.08. The predicted octanol–water partition coefficient (Wildman–Crippen LogP) is 2.87. The highest BCUT2D eigenvalue weighted by Gasteiger charge is 2.22. The van der Waals surface area contributed by atoms with Crippen molar-refractivity contribution < 1.29 is 13.2 Å². The Labute approximate surface area is 131 Å². The fourth-order valence-corrected chi connectivity index (χ4v) is 3.20. The van der Waals surface area contributed by atoms with Crippen molar-refractivity contribution in [1.29, 1.82) is 0 Å². The SMILES string of the molecule is CC#CN(Cc1ccccc1)S(=O)(=O)c1ccc(OC)cc1. The standard InChI is InChI=1S/C17H17NO3S/c1-3-13-18(14-15-7-5-4-6-8-15)22(19,20)17-11-9-16(21-2)10-12-17/h4-12H,14H2,1-2H3. The normalized spacial score (nSPS) is 10.5. The van der Waals surface area contributed by atoms with Gasteiger partial charge < -0.3 is 4.74 Å². The van der Waals surface area contributed by atoms with Gasteiger partial charge in [0.2, 0.25) is 0 Å². The molecule has 0 aromatic heterocycles. The molecule has 0 aliphatic carbocycles. The van der Waals surface area contributed by atoms with E-state index in [0.29, 0.717) is 5.75 Å². The second kappa shape index (κ2) is 7.01. The molecular formula is C17H17NO3S. The third-order valence-corrected chi connectivity index (χ3v) is 4.72. The van der Waals surface area contributed by atoms with Gasteiger partial charge in [0, 0.05) is 6.04 Å². The quantitative estimate of drug-likeness (QED) is 0.629. The molecule has 2 rings (SSSR count). The molecule has 0 radical (unpaired) electrons. The van der Waals surface area contributed by atoms with Gasteiger partial charge in [-0.15, -0.1) is 0 Å². The number of ether oxygens (including phenoxy) is 1. The first kappa shape index (κ1) is 15.9. The van der Waals surface area contributed by atoms with Crippen LogP contribution < -0.4 is 4.74 Å². The molecule has 5 heteroatoms. The monoisotopic (exact) mass is 315 g/mol. The first-order chi connectivity index (χ1) is 10.6. The van der Waals surface area contributed by atoms with Crippen LogP contribution in [0.1, 0.15) is 12.5 Å². The molecule has 0 spiro atoms. The number of sulfonamides is 1. The third kappa shape index (κ3) is 3.60. The third-order valence-electron chi connectivity index (χ3n) is 3.05. The van der Waals surface area contributed by atoms with Crippen molar-refractivity contribution in [2.75, 3.05) is 7.11 Å². The summed E-state index contributed by atoms with van der Waals surface area (Å²) < 4.78 is 31.6. The molecule has 2 aromatic carbocycles. The van der Waals surface area contributed by atoms with Crippen LogP contribution in [0.15, 0.2) is 59.5 Å². The van der Waals surface area contributed by atoms with Gasteiger partial charge in [0.1, 0.15) is 5.75 Å². The van der Waals surface area contributed by atoms with Crippen LogP contribution >= 0.6 is 0 Å². The van der Waals surface area contributed by atoms with Gasteiger partial charge in [-0.1, -0.05) is 36.3 Å². The Bertz CT molecular complexity index is 772. The average Bonchev–Trinajstić information content (AvgIpc) is 2.55. The van der Waals surface area contributed by atoms with Gasteiger partial charge in [-0.05, 0) is 36.8 Å². The fraction of sp³-hybridized carbons (Fsp3) is 0.176. The van der Waals surface area contributed by atoms with Gasteiger partial charge in [-0.3, -0.25) is 0 Å². The molecule has 0 saturated heterocycles. The van der Waals surface area contributed by atoms with Crippen LogP contribution in [0.3, 0.4) is 0 Å². The van der Waals surface area contributed by atoms with E-state index in [1.54, 1.807) is 19.1 Å². The minimum Gasteiger partial charge on any atom is -0.497 e. The number of rotatable bonds is 5. The maximum absolute atomic E-state index is 12.7. The summed E-state index contributed by atoms with van der Waals surface area (Å²) in [6, 6.07) is 18.3. The number of nitrogens with zero attached hydrogens (tertiary/aromatic N) is 1. The number of methoxy groups -OCH3 is 1. The zero-order valence-electron chi connectivity index (χ0n) is 12.5. The highest BCUT2D eigenvalue weighted by molar-refractivity contribution is 7.89. The van der Waals surface area contributed by atoms with Crippen LogP contribution in [0.25, 0.3) is 0 Å². The van der Waals surface area contributed by atoms with E-state index in [4.69, 9.17) is 4.74 Å². The van der Waals surface area contributed by atoms with Gasteiger partial charge in [-0.25, -0.2) is 12.7 Å². The van der Waals surface area contributed by atoms with E-state index in [0.717, 1.165) is 9.87 Å². The predicted molar refractivity (Wildman–Crippen MR) is 85.6 cm³/mol. The molecule has 0 aliphatic rings. The second-order valence-electron chi connectivity index (χ2n) is 4.53. The Morgan fingerprint density at radius 2 is 1.68 bits per heavy atom. The van der Waals surface area contributed by atoms with E-state index >= 15 is 0 Å². The van der Waals surface area contributed by atoms with Crippen LogP contribution in [-0.4, -0.2) is 19.8 Å². The summed E-state index contributed by atoms with van der Waals surface area (Å²) in [4.78, 5) is 0.187. The van der Waals surface area contributed by atoms with E-state index in [1.807, 2.05) is 30.3 Å². The van der Waals surface area contributed by atoms with E-state index in [-0.39, 0.29) is 11.4 Å². The molecule has 4 nitrogen and oxygen atoms in total. The molecule has 2 aromatic rings. The fourth-order valence-electron chi connectivity index (χ4n) is 1.93. The molecule has 114 valence electrons. The van der Waals surface area contributed by atoms with Crippen LogP contribution in [-0.2, 0) is 16.6 Å². The first-order valence-electron chi connectivity index (χ1n) is 6.71. The van der Waals surface area contributed by atoms with Gasteiger partial charge >= 0.3 is 0 Å². The largest absolute Gasteiger partial charge is 0.497 e. The molecule has 0 bridgehead atoms. The molecule has 0 aliphatic heterocycles. The lowest BCUT2D eigenvalue weighted by molar-refractivity contribution is 0.414. The molecule has 0 fully saturated rings. The summed E-state index contributed by atoms with van der Waals surface area (Å²) in [6.07, 6.45) is 0. The first-order valence-corrected chi connectivity index (χ1v) is 8.15. The van der Waals surface area contributed by atoms with Gasteiger partial charge in [0.15, 0.2) is 0 Å². The molecular weight excluding hydrogens is 298 g/mol. The Morgan fingerprint density at radius 1 is 1.05 bits per heavy atom. The lowest BCUT2D eigenvalue weighted by Gasteiger charge is -2.18. The summed E-state index contributed by atoms with van der Waals surface area (Å²) in [5, 5.41) is 0. The van der Waals surface area contributed by atoms with Crippen molar-refractivity contribution >= 4 is 10.0 Å². The van der Waals surface area contributed by atoms with E-state index in [9.17, 15) is 8.42 Å². The van der Waals surface area contributed by atoms with Crippen molar-refractivity contribution in [3.8, 4) is 17.7 Å². The Hall–Kier alpha value is -2.45.